The second kappa shape index (κ2) is 7.06. The van der Waals surface area contributed by atoms with E-state index in [0.29, 0.717) is 18.5 Å². The Kier molecular flexibility index (Phi) is 5.14. The van der Waals surface area contributed by atoms with Gasteiger partial charge in [-0.05, 0) is 12.1 Å². The largest absolute Gasteiger partial charge is 0.458 e. The highest BCUT2D eigenvalue weighted by Crippen LogP contribution is 2.20. The number of piperidine rings is 1. The van der Waals surface area contributed by atoms with Crippen LogP contribution in [0.2, 0.25) is 0 Å². The smallest absolute Gasteiger partial charge is 0.303 e. The fraction of sp³-hybridized carbons (Fsp3) is 0.438. The van der Waals surface area contributed by atoms with Crippen LogP contribution in [0.1, 0.15) is 30.6 Å². The van der Waals surface area contributed by atoms with Gasteiger partial charge in [0.2, 0.25) is 0 Å². The molecule has 22 heavy (non-hydrogen) atoms. The van der Waals surface area contributed by atoms with Crippen LogP contribution in [0.3, 0.4) is 0 Å². The van der Waals surface area contributed by atoms with E-state index in [0.717, 1.165) is 0 Å². The predicted octanol–water partition coefficient (Wildman–Crippen LogP) is 1.40. The summed E-state index contributed by atoms with van der Waals surface area (Å²) in [5.41, 5.74) is 0.579. The molecule has 0 aromatic heterocycles. The molecule has 2 unspecified atom stereocenters. The third-order valence-electron chi connectivity index (χ3n) is 3.44. The van der Waals surface area contributed by atoms with Gasteiger partial charge >= 0.3 is 11.9 Å². The Morgan fingerprint density at radius 2 is 1.59 bits per heavy atom. The van der Waals surface area contributed by atoms with E-state index in [1.54, 1.807) is 29.2 Å². The van der Waals surface area contributed by atoms with Crippen molar-refractivity contribution in [3.63, 3.8) is 0 Å². The third-order valence-corrected chi connectivity index (χ3v) is 3.44. The maximum absolute atomic E-state index is 12.4. The zero-order chi connectivity index (χ0) is 16.1. The summed E-state index contributed by atoms with van der Waals surface area (Å²) >= 11 is 0. The van der Waals surface area contributed by atoms with Crippen molar-refractivity contribution < 1.29 is 23.9 Å². The molecule has 118 valence electrons. The Bertz CT molecular complexity index is 557. The fourth-order valence-electron chi connectivity index (χ4n) is 2.52. The molecule has 6 nitrogen and oxygen atoms in total. The predicted molar refractivity (Wildman–Crippen MR) is 78.1 cm³/mol. The molecule has 0 N–H and O–H groups in total. The van der Waals surface area contributed by atoms with Crippen LogP contribution in [0.15, 0.2) is 30.3 Å². The molecule has 1 aliphatic rings. The summed E-state index contributed by atoms with van der Waals surface area (Å²) in [6.07, 6.45) is -0.708. The molecular weight excluding hydrogens is 286 g/mol. The van der Waals surface area contributed by atoms with Crippen molar-refractivity contribution in [2.75, 3.05) is 13.1 Å². The lowest BCUT2D eigenvalue weighted by molar-refractivity contribution is -0.170. The number of hydrogen-bond donors (Lipinski definition) is 0. The van der Waals surface area contributed by atoms with Crippen molar-refractivity contribution in [3.05, 3.63) is 35.9 Å². The number of rotatable bonds is 3. The number of hydrogen-bond acceptors (Lipinski definition) is 5. The van der Waals surface area contributed by atoms with Crippen LogP contribution in [-0.4, -0.2) is 48.0 Å². The summed E-state index contributed by atoms with van der Waals surface area (Å²) in [5, 5.41) is 0. The third kappa shape index (κ3) is 4.07. The van der Waals surface area contributed by atoms with Crippen molar-refractivity contribution in [2.24, 2.45) is 0 Å². The Morgan fingerprint density at radius 1 is 1.00 bits per heavy atom. The summed E-state index contributed by atoms with van der Waals surface area (Å²) in [5.74, 6) is -1.01. The molecule has 0 bridgehead atoms. The lowest BCUT2D eigenvalue weighted by Crippen LogP contribution is -2.51. The van der Waals surface area contributed by atoms with Crippen LogP contribution in [0, 0.1) is 0 Å². The quantitative estimate of drug-likeness (QED) is 0.789. The van der Waals surface area contributed by atoms with Crippen LogP contribution >= 0.6 is 0 Å². The minimum Gasteiger partial charge on any atom is -0.458 e. The number of esters is 2. The molecule has 2 atom stereocenters. The minimum absolute atomic E-state index is 0.126. The second-order valence-corrected chi connectivity index (χ2v) is 5.20. The minimum atomic E-state index is -0.636. The Balaban J connectivity index is 2.09. The van der Waals surface area contributed by atoms with Gasteiger partial charge in [-0.25, -0.2) is 0 Å². The molecule has 1 aliphatic heterocycles. The monoisotopic (exact) mass is 305 g/mol. The lowest BCUT2D eigenvalue weighted by atomic mass is 10.0. The molecule has 0 aliphatic carbocycles. The molecule has 1 fully saturated rings. The highest BCUT2D eigenvalue weighted by molar-refractivity contribution is 5.94. The van der Waals surface area contributed by atoms with Crippen LogP contribution in [0.25, 0.3) is 0 Å². The van der Waals surface area contributed by atoms with Gasteiger partial charge in [0, 0.05) is 32.4 Å². The highest BCUT2D eigenvalue weighted by Gasteiger charge is 2.35. The molecule has 1 aromatic carbocycles. The fourth-order valence-corrected chi connectivity index (χ4v) is 2.52. The topological polar surface area (TPSA) is 72.9 Å². The van der Waals surface area contributed by atoms with E-state index < -0.39 is 24.1 Å². The summed E-state index contributed by atoms with van der Waals surface area (Å²) in [7, 11) is 0. The maximum atomic E-state index is 12.4. The first kappa shape index (κ1) is 16.0. The Morgan fingerprint density at radius 3 is 2.18 bits per heavy atom. The van der Waals surface area contributed by atoms with Crippen LogP contribution < -0.4 is 0 Å². The number of amides is 1. The van der Waals surface area contributed by atoms with Crippen LogP contribution in [0.4, 0.5) is 0 Å². The van der Waals surface area contributed by atoms with E-state index in [-0.39, 0.29) is 12.5 Å². The summed E-state index contributed by atoms with van der Waals surface area (Å²) < 4.78 is 10.4. The molecule has 0 spiro atoms. The number of carbonyl (C=O) groups is 3. The standard InChI is InChI=1S/C16H19NO5/c1-11(18)21-14-8-9-17(10-15(14)22-12(2)19)16(20)13-6-4-3-5-7-13/h3-7,14-15H,8-10H2,1-2H3. The van der Waals surface area contributed by atoms with Gasteiger partial charge in [-0.1, -0.05) is 18.2 Å². The first-order valence-electron chi connectivity index (χ1n) is 7.16. The summed E-state index contributed by atoms with van der Waals surface area (Å²) in [4.78, 5) is 36.4. The molecule has 1 amide bonds. The number of likely N-dealkylation sites (tertiary alicyclic amines) is 1. The van der Waals surface area contributed by atoms with E-state index in [4.69, 9.17) is 9.47 Å². The molecule has 6 heteroatoms. The van der Waals surface area contributed by atoms with Crippen molar-refractivity contribution in [1.29, 1.82) is 0 Å². The number of carbonyl (C=O) groups excluding carboxylic acids is 3. The normalized spacial score (nSPS) is 21.1. The SMILES string of the molecule is CC(=O)OC1CCN(C(=O)c2ccccc2)CC1OC(C)=O. The first-order chi connectivity index (χ1) is 10.5. The van der Waals surface area contributed by atoms with Gasteiger partial charge < -0.3 is 14.4 Å². The number of benzene rings is 1. The maximum Gasteiger partial charge on any atom is 0.303 e. The zero-order valence-corrected chi connectivity index (χ0v) is 12.7. The Labute approximate surface area is 129 Å². The number of ether oxygens (including phenoxy) is 2. The van der Waals surface area contributed by atoms with Gasteiger partial charge in [0.25, 0.3) is 5.91 Å². The average molecular weight is 305 g/mol. The van der Waals surface area contributed by atoms with Gasteiger partial charge in [0.1, 0.15) is 6.10 Å². The van der Waals surface area contributed by atoms with E-state index >= 15 is 0 Å². The van der Waals surface area contributed by atoms with E-state index in [9.17, 15) is 14.4 Å². The summed E-state index contributed by atoms with van der Waals surface area (Å²) in [6.45, 7) is 3.27. The van der Waals surface area contributed by atoms with E-state index in [1.807, 2.05) is 6.07 Å². The second-order valence-electron chi connectivity index (χ2n) is 5.20. The van der Waals surface area contributed by atoms with Gasteiger partial charge in [-0.15, -0.1) is 0 Å². The van der Waals surface area contributed by atoms with Crippen molar-refractivity contribution in [3.8, 4) is 0 Å². The van der Waals surface area contributed by atoms with Gasteiger partial charge in [0.05, 0.1) is 6.54 Å². The molecule has 1 heterocycles. The molecular formula is C16H19NO5. The van der Waals surface area contributed by atoms with Crippen LogP contribution in [0.5, 0.6) is 0 Å². The molecule has 0 radical (unpaired) electrons. The van der Waals surface area contributed by atoms with Crippen molar-refractivity contribution in [2.45, 2.75) is 32.5 Å². The van der Waals surface area contributed by atoms with Crippen LogP contribution in [-0.2, 0) is 19.1 Å². The average Bonchev–Trinajstić information content (AvgIpc) is 2.48. The zero-order valence-electron chi connectivity index (χ0n) is 12.7. The highest BCUT2D eigenvalue weighted by atomic mass is 16.6. The Hall–Kier alpha value is -2.37. The molecule has 1 aromatic rings. The first-order valence-corrected chi connectivity index (χ1v) is 7.16. The van der Waals surface area contributed by atoms with E-state index in [1.165, 1.54) is 13.8 Å². The van der Waals surface area contributed by atoms with E-state index in [2.05, 4.69) is 0 Å². The number of nitrogens with zero attached hydrogens (tertiary/aromatic N) is 1. The van der Waals surface area contributed by atoms with Gasteiger partial charge in [-0.2, -0.15) is 0 Å². The van der Waals surface area contributed by atoms with Gasteiger partial charge in [-0.3, -0.25) is 14.4 Å². The summed E-state index contributed by atoms with van der Waals surface area (Å²) in [6, 6.07) is 8.90. The van der Waals surface area contributed by atoms with Gasteiger partial charge in [0.15, 0.2) is 6.10 Å². The van der Waals surface area contributed by atoms with Crippen molar-refractivity contribution in [1.82, 2.24) is 4.90 Å². The lowest BCUT2D eigenvalue weighted by Gasteiger charge is -2.37. The molecule has 2 rings (SSSR count). The van der Waals surface area contributed by atoms with Crippen molar-refractivity contribution >= 4 is 17.8 Å². The molecule has 1 saturated heterocycles. The molecule has 0 saturated carbocycles.